The van der Waals surface area contributed by atoms with Gasteiger partial charge in [-0.15, -0.1) is 0 Å². The molecule has 9 nitrogen and oxygen atoms in total. The lowest BCUT2D eigenvalue weighted by Crippen LogP contribution is -2.24. The van der Waals surface area contributed by atoms with Gasteiger partial charge < -0.3 is 14.7 Å². The standard InChI is InChI=1S/C43H51N3O6S2/c1-7-44(8-2)36-21-19-33(20-22-36)43(39-25-23-37(27-31(39)5)45(9-3)29-34-15-11-13-17-41(34)53(47,48)49)40-26-24-38(28-32(40)6)46(10-4)30-35-16-12-14-18-42(35)54(50,51)52/h11-28,43H,7-10,29-30H2,1-6H3,(H,47,48,49)(H,50,51,52). The first-order chi connectivity index (χ1) is 25.7. The van der Waals surface area contributed by atoms with Crippen molar-refractivity contribution in [3.05, 3.63) is 148 Å². The molecule has 0 fully saturated rings. The normalized spacial score (nSPS) is 11.9. The highest BCUT2D eigenvalue weighted by Gasteiger charge is 2.24. The van der Waals surface area contributed by atoms with Crippen molar-refractivity contribution in [2.45, 2.75) is 70.3 Å². The van der Waals surface area contributed by atoms with E-state index in [1.165, 1.54) is 12.1 Å². The van der Waals surface area contributed by atoms with Crippen LogP contribution in [0.3, 0.4) is 0 Å². The van der Waals surface area contributed by atoms with E-state index < -0.39 is 20.2 Å². The Labute approximate surface area is 321 Å². The summed E-state index contributed by atoms with van der Waals surface area (Å²) in [4.78, 5) is 6.32. The Morgan fingerprint density at radius 2 is 0.870 bits per heavy atom. The lowest BCUT2D eigenvalue weighted by molar-refractivity contribution is 0.479. The maximum Gasteiger partial charge on any atom is 0.294 e. The van der Waals surface area contributed by atoms with E-state index in [-0.39, 0.29) is 15.7 Å². The van der Waals surface area contributed by atoms with Gasteiger partial charge in [-0.25, -0.2) is 0 Å². The Morgan fingerprint density at radius 1 is 0.500 bits per heavy atom. The molecule has 0 spiro atoms. The predicted octanol–water partition coefficient (Wildman–Crippen LogP) is 8.88. The van der Waals surface area contributed by atoms with Crippen LogP contribution in [-0.2, 0) is 33.3 Å². The van der Waals surface area contributed by atoms with E-state index in [1.54, 1.807) is 36.4 Å². The molecule has 286 valence electrons. The molecule has 0 atom stereocenters. The molecule has 0 aliphatic carbocycles. The second kappa shape index (κ2) is 17.2. The van der Waals surface area contributed by atoms with Gasteiger partial charge in [0.05, 0.1) is 9.79 Å². The topological polar surface area (TPSA) is 118 Å². The maximum absolute atomic E-state index is 12.1. The molecule has 5 aromatic rings. The lowest BCUT2D eigenvalue weighted by Gasteiger charge is -2.29. The molecule has 5 rings (SSSR count). The van der Waals surface area contributed by atoms with Crippen LogP contribution in [0, 0.1) is 13.8 Å². The summed E-state index contributed by atoms with van der Waals surface area (Å²) in [5.41, 5.74) is 9.64. The van der Waals surface area contributed by atoms with Gasteiger partial charge in [0.1, 0.15) is 0 Å². The molecular weight excluding hydrogens is 719 g/mol. The lowest BCUT2D eigenvalue weighted by atomic mass is 9.81. The molecule has 11 heteroatoms. The average Bonchev–Trinajstić information content (AvgIpc) is 3.14. The first-order valence-corrected chi connectivity index (χ1v) is 21.2. The summed E-state index contributed by atoms with van der Waals surface area (Å²) in [6.07, 6.45) is 0. The zero-order chi connectivity index (χ0) is 39.2. The number of hydrogen-bond donors (Lipinski definition) is 2. The van der Waals surface area contributed by atoms with Gasteiger partial charge in [0, 0.05) is 62.2 Å². The minimum atomic E-state index is -4.37. The molecule has 0 unspecified atom stereocenters. The number of aryl methyl sites for hydroxylation is 2. The van der Waals surface area contributed by atoms with E-state index >= 15 is 0 Å². The van der Waals surface area contributed by atoms with E-state index in [2.05, 4.69) is 103 Å². The largest absolute Gasteiger partial charge is 0.372 e. The Kier molecular flexibility index (Phi) is 12.9. The highest BCUT2D eigenvalue weighted by atomic mass is 32.2. The van der Waals surface area contributed by atoms with Crippen LogP contribution in [0.1, 0.15) is 72.6 Å². The molecule has 5 aromatic carbocycles. The Morgan fingerprint density at radius 3 is 1.22 bits per heavy atom. The Hall–Kier alpha value is -4.68. The SMILES string of the molecule is CCN(CC)c1ccc(C(c2ccc(N(CC)Cc3ccccc3S(=O)(=O)O)cc2C)c2ccc(N(CC)Cc3ccccc3S(=O)(=O)O)cc2C)cc1. The summed E-state index contributed by atoms with van der Waals surface area (Å²) < 4.78 is 68.3. The molecule has 54 heavy (non-hydrogen) atoms. The zero-order valence-electron chi connectivity index (χ0n) is 31.9. The second-order valence-corrected chi connectivity index (χ2v) is 16.3. The number of nitrogens with zero attached hydrogens (tertiary/aromatic N) is 3. The molecule has 0 amide bonds. The molecule has 0 heterocycles. The van der Waals surface area contributed by atoms with Crippen molar-refractivity contribution in [1.29, 1.82) is 0 Å². The van der Waals surface area contributed by atoms with Crippen LogP contribution in [0.25, 0.3) is 0 Å². The van der Waals surface area contributed by atoms with E-state index in [4.69, 9.17) is 0 Å². The minimum absolute atomic E-state index is 0.0896. The summed E-state index contributed by atoms with van der Waals surface area (Å²) in [5.74, 6) is -0.107. The van der Waals surface area contributed by atoms with Crippen molar-refractivity contribution < 1.29 is 25.9 Å². The van der Waals surface area contributed by atoms with Crippen LogP contribution >= 0.6 is 0 Å². The highest BCUT2D eigenvalue weighted by molar-refractivity contribution is 7.86. The van der Waals surface area contributed by atoms with Crippen LogP contribution in [0.2, 0.25) is 0 Å². The molecule has 0 aromatic heterocycles. The van der Waals surface area contributed by atoms with Gasteiger partial charge in [-0.1, -0.05) is 60.7 Å². The van der Waals surface area contributed by atoms with Crippen molar-refractivity contribution in [1.82, 2.24) is 0 Å². The summed E-state index contributed by atoms with van der Waals surface area (Å²) in [6.45, 7) is 16.2. The molecule has 0 saturated heterocycles. The number of benzene rings is 5. The fraction of sp³-hybridized carbons (Fsp3) is 0.302. The summed E-state index contributed by atoms with van der Waals surface area (Å²) >= 11 is 0. The third-order valence-electron chi connectivity index (χ3n) is 10.2. The summed E-state index contributed by atoms with van der Waals surface area (Å²) in [6, 6.07) is 34.6. The van der Waals surface area contributed by atoms with Gasteiger partial charge in [-0.3, -0.25) is 9.11 Å². The number of rotatable bonds is 16. The molecular formula is C43H51N3O6S2. The first-order valence-electron chi connectivity index (χ1n) is 18.4. The number of anilines is 3. The van der Waals surface area contributed by atoms with E-state index in [0.717, 1.165) is 58.0 Å². The van der Waals surface area contributed by atoms with E-state index in [0.29, 0.717) is 37.3 Å². The van der Waals surface area contributed by atoms with Gasteiger partial charge in [0.2, 0.25) is 0 Å². The van der Waals surface area contributed by atoms with Crippen molar-refractivity contribution in [2.75, 3.05) is 40.9 Å². The maximum atomic E-state index is 12.1. The molecule has 0 saturated carbocycles. The van der Waals surface area contributed by atoms with Gasteiger partial charge in [-0.2, -0.15) is 16.8 Å². The summed E-state index contributed by atoms with van der Waals surface area (Å²) in [5, 5.41) is 0. The third-order valence-corrected chi connectivity index (χ3v) is 12.1. The highest BCUT2D eigenvalue weighted by Crippen LogP contribution is 2.39. The quantitative estimate of drug-likeness (QED) is 0.0750. The van der Waals surface area contributed by atoms with Crippen LogP contribution in [-0.4, -0.2) is 52.1 Å². The van der Waals surface area contributed by atoms with Gasteiger partial charge >= 0.3 is 0 Å². The predicted molar refractivity (Wildman–Crippen MR) is 219 cm³/mol. The smallest absolute Gasteiger partial charge is 0.294 e. The Balaban J connectivity index is 1.56. The Bertz CT molecular complexity index is 2150. The van der Waals surface area contributed by atoms with Crippen LogP contribution in [0.4, 0.5) is 17.1 Å². The average molecular weight is 770 g/mol. The van der Waals surface area contributed by atoms with Crippen LogP contribution < -0.4 is 14.7 Å². The molecule has 0 radical (unpaired) electrons. The van der Waals surface area contributed by atoms with Crippen molar-refractivity contribution in [3.8, 4) is 0 Å². The first kappa shape index (κ1) is 40.5. The molecule has 0 aliphatic rings. The van der Waals surface area contributed by atoms with Crippen molar-refractivity contribution >= 4 is 37.3 Å². The molecule has 2 N–H and O–H groups in total. The molecule has 0 bridgehead atoms. The fourth-order valence-electron chi connectivity index (χ4n) is 7.31. The minimum Gasteiger partial charge on any atom is -0.372 e. The fourth-order valence-corrected chi connectivity index (χ4v) is 8.74. The van der Waals surface area contributed by atoms with Gasteiger partial charge in [0.15, 0.2) is 0 Å². The van der Waals surface area contributed by atoms with Gasteiger partial charge in [0.25, 0.3) is 20.2 Å². The third kappa shape index (κ3) is 9.15. The van der Waals surface area contributed by atoms with Crippen LogP contribution in [0.15, 0.2) is 119 Å². The molecule has 0 aliphatic heterocycles. The van der Waals surface area contributed by atoms with Crippen LogP contribution in [0.5, 0.6) is 0 Å². The zero-order valence-corrected chi connectivity index (χ0v) is 33.5. The monoisotopic (exact) mass is 769 g/mol. The van der Waals surface area contributed by atoms with E-state index in [1.807, 2.05) is 13.8 Å². The summed E-state index contributed by atoms with van der Waals surface area (Å²) in [7, 11) is -8.75. The van der Waals surface area contributed by atoms with Crippen molar-refractivity contribution in [2.24, 2.45) is 0 Å². The van der Waals surface area contributed by atoms with Gasteiger partial charge in [-0.05, 0) is 129 Å². The second-order valence-electron chi connectivity index (χ2n) is 13.5. The van der Waals surface area contributed by atoms with Crippen molar-refractivity contribution in [3.63, 3.8) is 0 Å². The van der Waals surface area contributed by atoms with E-state index in [9.17, 15) is 25.9 Å². The number of hydrogen-bond acceptors (Lipinski definition) is 7.